The summed E-state index contributed by atoms with van der Waals surface area (Å²) in [6.45, 7) is 6.86. The maximum atomic E-state index is 12.8. The second-order valence-corrected chi connectivity index (χ2v) is 9.88. The summed E-state index contributed by atoms with van der Waals surface area (Å²) in [4.78, 5) is 42.5. The zero-order chi connectivity index (χ0) is 23.4. The van der Waals surface area contributed by atoms with Crippen LogP contribution in [0.25, 0.3) is 0 Å². The number of thiophene rings is 1. The molecule has 176 valence electrons. The van der Waals surface area contributed by atoms with Gasteiger partial charge in [0.05, 0.1) is 12.2 Å². The first kappa shape index (κ1) is 23.4. The van der Waals surface area contributed by atoms with E-state index in [2.05, 4.69) is 16.8 Å². The summed E-state index contributed by atoms with van der Waals surface area (Å²) in [6.07, 6.45) is 1.35. The molecule has 1 fully saturated rings. The Kier molecular flexibility index (Phi) is 7.45. The predicted octanol–water partition coefficient (Wildman–Crippen LogP) is 2.98. The highest BCUT2D eigenvalue weighted by molar-refractivity contribution is 7.10. The number of benzene rings is 1. The van der Waals surface area contributed by atoms with Gasteiger partial charge in [0, 0.05) is 56.0 Å². The van der Waals surface area contributed by atoms with Crippen LogP contribution in [0.5, 0.6) is 0 Å². The van der Waals surface area contributed by atoms with Gasteiger partial charge in [-0.05, 0) is 55.0 Å². The van der Waals surface area contributed by atoms with Gasteiger partial charge in [0.1, 0.15) is 0 Å². The van der Waals surface area contributed by atoms with Gasteiger partial charge in [0.2, 0.25) is 11.8 Å². The Morgan fingerprint density at radius 1 is 1.03 bits per heavy atom. The third-order valence-corrected chi connectivity index (χ3v) is 7.15. The minimum Gasteiger partial charge on any atom is -0.372 e. The maximum Gasteiger partial charge on any atom is 0.254 e. The Labute approximate surface area is 198 Å². The lowest BCUT2D eigenvalue weighted by Gasteiger charge is -2.35. The van der Waals surface area contributed by atoms with Crippen molar-refractivity contribution in [2.75, 3.05) is 19.6 Å². The number of carbonyl (C=O) groups excluding carboxylic acids is 3. The number of rotatable bonds is 6. The van der Waals surface area contributed by atoms with Crippen molar-refractivity contribution in [1.29, 1.82) is 0 Å². The number of carbonyl (C=O) groups is 3. The average Bonchev–Trinajstić information content (AvgIpc) is 3.28. The van der Waals surface area contributed by atoms with Gasteiger partial charge in [-0.25, -0.2) is 0 Å². The Hall–Kier alpha value is -2.71. The average molecular weight is 470 g/mol. The van der Waals surface area contributed by atoms with Gasteiger partial charge in [0.15, 0.2) is 0 Å². The van der Waals surface area contributed by atoms with E-state index < -0.39 is 0 Å². The van der Waals surface area contributed by atoms with Crippen LogP contribution in [-0.4, -0.2) is 59.4 Å². The third kappa shape index (κ3) is 6.00. The topological polar surface area (TPSA) is 79.0 Å². The van der Waals surface area contributed by atoms with Crippen LogP contribution in [0.4, 0.5) is 0 Å². The Morgan fingerprint density at radius 3 is 2.48 bits per heavy atom. The number of amides is 3. The van der Waals surface area contributed by atoms with Gasteiger partial charge >= 0.3 is 0 Å². The number of ether oxygens (including phenoxy) is 1. The van der Waals surface area contributed by atoms with Crippen molar-refractivity contribution >= 4 is 29.1 Å². The Balaban J connectivity index is 1.20. The number of hydrogen-bond donors (Lipinski definition) is 1. The summed E-state index contributed by atoms with van der Waals surface area (Å²) in [5.41, 5.74) is 2.77. The van der Waals surface area contributed by atoms with Crippen LogP contribution in [0.2, 0.25) is 0 Å². The molecule has 3 heterocycles. The highest BCUT2D eigenvalue weighted by atomic mass is 32.1. The van der Waals surface area contributed by atoms with Crippen molar-refractivity contribution in [3.8, 4) is 0 Å². The molecule has 1 N–H and O–H groups in total. The van der Waals surface area contributed by atoms with E-state index in [0.29, 0.717) is 31.7 Å². The minimum absolute atomic E-state index is 0.00150. The largest absolute Gasteiger partial charge is 0.372 e. The third-order valence-electron chi connectivity index (χ3n) is 6.12. The van der Waals surface area contributed by atoms with Gasteiger partial charge in [-0.3, -0.25) is 14.4 Å². The molecule has 33 heavy (non-hydrogen) atoms. The van der Waals surface area contributed by atoms with Crippen molar-refractivity contribution in [3.05, 3.63) is 57.3 Å². The second-order valence-electron chi connectivity index (χ2n) is 8.88. The van der Waals surface area contributed by atoms with Crippen LogP contribution in [0, 0.1) is 0 Å². The zero-order valence-electron chi connectivity index (χ0n) is 19.2. The molecule has 3 amide bonds. The Bertz CT molecular complexity index is 993. The van der Waals surface area contributed by atoms with Gasteiger partial charge in [-0.15, -0.1) is 11.3 Å². The SMILES string of the molecule is CC1CN(C(=O)c2ccc(CNC(=O)CCC(=O)N3CCc4sccc4C3)cc2)CC(C)O1. The van der Waals surface area contributed by atoms with Crippen LogP contribution in [0.1, 0.15) is 53.1 Å². The van der Waals surface area contributed by atoms with Crippen molar-refractivity contribution in [2.45, 2.75) is 58.4 Å². The lowest BCUT2D eigenvalue weighted by atomic mass is 10.1. The van der Waals surface area contributed by atoms with Crippen molar-refractivity contribution < 1.29 is 19.1 Å². The second kappa shape index (κ2) is 10.5. The van der Waals surface area contributed by atoms with E-state index in [1.165, 1.54) is 10.4 Å². The summed E-state index contributed by atoms with van der Waals surface area (Å²) in [5.74, 6) is -0.122. The van der Waals surface area contributed by atoms with Crippen molar-refractivity contribution in [2.24, 2.45) is 0 Å². The molecule has 8 heteroatoms. The van der Waals surface area contributed by atoms with Crippen LogP contribution >= 0.6 is 11.3 Å². The number of nitrogens with zero attached hydrogens (tertiary/aromatic N) is 2. The van der Waals surface area contributed by atoms with E-state index >= 15 is 0 Å². The quantitative estimate of drug-likeness (QED) is 0.706. The summed E-state index contributed by atoms with van der Waals surface area (Å²) in [5, 5.41) is 4.94. The molecule has 0 bridgehead atoms. The molecule has 1 aromatic carbocycles. The van der Waals surface area contributed by atoms with Gasteiger partial charge in [0.25, 0.3) is 5.91 Å². The number of hydrogen-bond acceptors (Lipinski definition) is 5. The van der Waals surface area contributed by atoms with Crippen LogP contribution in [-0.2, 0) is 33.8 Å². The molecule has 0 saturated carbocycles. The first-order valence-corrected chi connectivity index (χ1v) is 12.4. The fourth-order valence-electron chi connectivity index (χ4n) is 4.42. The molecule has 0 aliphatic carbocycles. The normalized spacial score (nSPS) is 20.3. The number of fused-ring (bicyclic) bond motifs is 1. The minimum atomic E-state index is -0.145. The lowest BCUT2D eigenvalue weighted by Crippen LogP contribution is -2.48. The lowest BCUT2D eigenvalue weighted by molar-refractivity contribution is -0.134. The molecule has 2 atom stereocenters. The van der Waals surface area contributed by atoms with E-state index in [9.17, 15) is 14.4 Å². The Morgan fingerprint density at radius 2 is 1.76 bits per heavy atom. The first-order valence-electron chi connectivity index (χ1n) is 11.5. The summed E-state index contributed by atoms with van der Waals surface area (Å²) in [6, 6.07) is 9.39. The van der Waals surface area contributed by atoms with Crippen LogP contribution < -0.4 is 5.32 Å². The highest BCUT2D eigenvalue weighted by Crippen LogP contribution is 2.24. The molecular formula is C25H31N3O4S. The first-order chi connectivity index (χ1) is 15.9. The summed E-state index contributed by atoms with van der Waals surface area (Å²) >= 11 is 1.74. The molecule has 1 saturated heterocycles. The van der Waals surface area contributed by atoms with Gasteiger partial charge in [-0.1, -0.05) is 12.1 Å². The molecule has 2 unspecified atom stereocenters. The zero-order valence-corrected chi connectivity index (χ0v) is 20.0. The standard InChI is InChI=1S/C25H31N3O4S/c1-17-14-28(15-18(2)32-17)25(31)20-5-3-19(4-6-20)13-26-23(29)7-8-24(30)27-11-9-22-21(16-27)10-12-33-22/h3-6,10,12,17-18H,7-9,11,13-16H2,1-2H3,(H,26,29). The summed E-state index contributed by atoms with van der Waals surface area (Å²) < 4.78 is 5.70. The van der Waals surface area contributed by atoms with Crippen LogP contribution in [0.15, 0.2) is 35.7 Å². The van der Waals surface area contributed by atoms with Crippen LogP contribution in [0.3, 0.4) is 0 Å². The molecule has 4 rings (SSSR count). The fourth-order valence-corrected chi connectivity index (χ4v) is 5.31. The highest BCUT2D eigenvalue weighted by Gasteiger charge is 2.26. The smallest absolute Gasteiger partial charge is 0.254 e. The monoisotopic (exact) mass is 469 g/mol. The van der Waals surface area contributed by atoms with E-state index in [-0.39, 0.29) is 42.8 Å². The molecule has 7 nitrogen and oxygen atoms in total. The van der Waals surface area contributed by atoms with Gasteiger partial charge in [-0.2, -0.15) is 0 Å². The molecule has 2 aliphatic heterocycles. The predicted molar refractivity (Wildman–Crippen MR) is 127 cm³/mol. The molecular weight excluding hydrogens is 438 g/mol. The van der Waals surface area contributed by atoms with E-state index in [1.807, 2.05) is 35.8 Å². The van der Waals surface area contributed by atoms with Crippen molar-refractivity contribution in [1.82, 2.24) is 15.1 Å². The number of nitrogens with one attached hydrogen (secondary N) is 1. The number of morpholine rings is 1. The molecule has 2 aromatic rings. The molecule has 1 aromatic heterocycles. The summed E-state index contributed by atoms with van der Waals surface area (Å²) in [7, 11) is 0. The van der Waals surface area contributed by atoms with Gasteiger partial charge < -0.3 is 19.9 Å². The molecule has 2 aliphatic rings. The maximum absolute atomic E-state index is 12.8. The van der Waals surface area contributed by atoms with E-state index in [4.69, 9.17) is 4.74 Å². The van der Waals surface area contributed by atoms with E-state index in [1.54, 1.807) is 23.5 Å². The fraction of sp³-hybridized carbons (Fsp3) is 0.480. The van der Waals surface area contributed by atoms with E-state index in [0.717, 1.165) is 18.5 Å². The molecule has 0 spiro atoms. The van der Waals surface area contributed by atoms with Crippen molar-refractivity contribution in [3.63, 3.8) is 0 Å². The molecule has 0 radical (unpaired) electrons.